The summed E-state index contributed by atoms with van der Waals surface area (Å²) in [5.41, 5.74) is 8.61. The number of aryl methyl sites for hydroxylation is 1. The van der Waals surface area contributed by atoms with Gasteiger partial charge in [-0.1, -0.05) is 0 Å². The second-order valence-corrected chi connectivity index (χ2v) is 6.20. The Bertz CT molecular complexity index is 486. The molecule has 0 aromatic heterocycles. The van der Waals surface area contributed by atoms with Crippen LogP contribution in [0, 0.1) is 6.92 Å². The van der Waals surface area contributed by atoms with Crippen molar-refractivity contribution in [3.63, 3.8) is 0 Å². The Balaban J connectivity index is 2.20. The smallest absolute Gasteiger partial charge is 0.208 e. The molecule has 0 atom stereocenters. The van der Waals surface area contributed by atoms with Crippen LogP contribution in [0.25, 0.3) is 0 Å². The maximum atomic E-state index is 10.8. The van der Waals surface area contributed by atoms with E-state index in [2.05, 4.69) is 10.0 Å². The average Bonchev–Trinajstić information content (AvgIpc) is 2.26. The Morgan fingerprint density at radius 1 is 1.22 bits per heavy atom. The first kappa shape index (κ1) is 14.8. The fourth-order valence-electron chi connectivity index (χ4n) is 1.53. The summed E-state index contributed by atoms with van der Waals surface area (Å²) in [5, 5.41) is 3.28. The molecule has 0 unspecified atom stereocenters. The van der Waals surface area contributed by atoms with Crippen molar-refractivity contribution in [1.29, 1.82) is 0 Å². The van der Waals surface area contributed by atoms with E-state index < -0.39 is 10.0 Å². The molecule has 0 bridgehead atoms. The Morgan fingerprint density at radius 3 is 2.50 bits per heavy atom. The quantitative estimate of drug-likeness (QED) is 0.516. The first-order valence-electron chi connectivity index (χ1n) is 5.93. The fourth-order valence-corrected chi connectivity index (χ4v) is 2.04. The van der Waals surface area contributed by atoms with Crippen molar-refractivity contribution in [3.8, 4) is 0 Å². The van der Waals surface area contributed by atoms with Crippen LogP contribution in [0.1, 0.15) is 18.4 Å². The van der Waals surface area contributed by atoms with Crippen molar-refractivity contribution in [3.05, 3.63) is 23.8 Å². The number of hydrogen-bond acceptors (Lipinski definition) is 4. The van der Waals surface area contributed by atoms with Gasteiger partial charge >= 0.3 is 0 Å². The first-order valence-corrected chi connectivity index (χ1v) is 7.82. The number of sulfonamides is 1. The predicted octanol–water partition coefficient (Wildman–Crippen LogP) is 1.32. The van der Waals surface area contributed by atoms with Gasteiger partial charge in [-0.25, -0.2) is 13.1 Å². The van der Waals surface area contributed by atoms with E-state index in [0.29, 0.717) is 6.54 Å². The molecule has 0 aliphatic carbocycles. The van der Waals surface area contributed by atoms with E-state index in [1.54, 1.807) is 0 Å². The SMILES string of the molecule is Cc1cc(NCCCCNS(C)(=O)=O)ccc1N. The maximum absolute atomic E-state index is 10.8. The second kappa shape index (κ2) is 6.61. The summed E-state index contributed by atoms with van der Waals surface area (Å²) < 4.78 is 24.1. The molecule has 1 rings (SSSR count). The number of benzene rings is 1. The zero-order chi connectivity index (χ0) is 13.6. The van der Waals surface area contributed by atoms with Crippen molar-refractivity contribution in [1.82, 2.24) is 4.72 Å². The lowest BCUT2D eigenvalue weighted by Gasteiger charge is -2.08. The molecule has 0 spiro atoms. The van der Waals surface area contributed by atoms with Crippen LogP contribution in [-0.2, 0) is 10.0 Å². The van der Waals surface area contributed by atoms with Crippen molar-refractivity contribution < 1.29 is 8.42 Å². The minimum atomic E-state index is -3.06. The molecular formula is C12H21N3O2S. The minimum Gasteiger partial charge on any atom is -0.399 e. The summed E-state index contributed by atoms with van der Waals surface area (Å²) in [6, 6.07) is 5.82. The standard InChI is InChI=1S/C12H21N3O2S/c1-10-9-11(5-6-12(10)13)14-7-3-4-8-15-18(2,16)17/h5-6,9,14-15H,3-4,7-8,13H2,1-2H3. The van der Waals surface area contributed by atoms with E-state index in [0.717, 1.165) is 36.3 Å². The van der Waals surface area contributed by atoms with Gasteiger partial charge in [-0.15, -0.1) is 0 Å². The number of anilines is 2. The number of nitrogens with two attached hydrogens (primary N) is 1. The van der Waals surface area contributed by atoms with Gasteiger partial charge in [0.1, 0.15) is 0 Å². The van der Waals surface area contributed by atoms with Gasteiger partial charge in [-0.2, -0.15) is 0 Å². The first-order chi connectivity index (χ1) is 8.38. The van der Waals surface area contributed by atoms with E-state index in [1.165, 1.54) is 6.26 Å². The molecule has 0 saturated heterocycles. The Labute approximate surface area is 109 Å². The fraction of sp³-hybridized carbons (Fsp3) is 0.500. The van der Waals surface area contributed by atoms with Crippen molar-refractivity contribution in [2.75, 3.05) is 30.4 Å². The van der Waals surface area contributed by atoms with Crippen molar-refractivity contribution >= 4 is 21.4 Å². The molecular weight excluding hydrogens is 250 g/mol. The van der Waals surface area contributed by atoms with E-state index in [1.807, 2.05) is 25.1 Å². The van der Waals surface area contributed by atoms with E-state index >= 15 is 0 Å². The van der Waals surface area contributed by atoms with Gasteiger partial charge in [0.15, 0.2) is 0 Å². The zero-order valence-electron chi connectivity index (χ0n) is 10.9. The molecule has 18 heavy (non-hydrogen) atoms. The Morgan fingerprint density at radius 2 is 1.89 bits per heavy atom. The van der Waals surface area contributed by atoms with Crippen molar-refractivity contribution in [2.45, 2.75) is 19.8 Å². The molecule has 0 amide bonds. The Kier molecular flexibility index (Phi) is 5.43. The third-order valence-electron chi connectivity index (χ3n) is 2.57. The molecule has 102 valence electrons. The third-order valence-corrected chi connectivity index (χ3v) is 3.30. The van der Waals surface area contributed by atoms with Crippen LogP contribution < -0.4 is 15.8 Å². The molecule has 1 aromatic carbocycles. The second-order valence-electron chi connectivity index (χ2n) is 4.37. The topological polar surface area (TPSA) is 84.2 Å². The summed E-state index contributed by atoms with van der Waals surface area (Å²) in [6.07, 6.45) is 2.89. The summed E-state index contributed by atoms with van der Waals surface area (Å²) in [6.45, 7) is 3.27. The number of unbranched alkanes of at least 4 members (excludes halogenated alkanes) is 1. The lowest BCUT2D eigenvalue weighted by Crippen LogP contribution is -2.23. The van der Waals surface area contributed by atoms with Gasteiger partial charge in [0.2, 0.25) is 10.0 Å². The largest absolute Gasteiger partial charge is 0.399 e. The van der Waals surface area contributed by atoms with Gasteiger partial charge in [-0.05, 0) is 43.5 Å². The van der Waals surface area contributed by atoms with Crippen LogP contribution in [0.15, 0.2) is 18.2 Å². The number of nitrogens with one attached hydrogen (secondary N) is 2. The van der Waals surface area contributed by atoms with Crippen LogP contribution in [0.4, 0.5) is 11.4 Å². The van der Waals surface area contributed by atoms with Crippen LogP contribution in [-0.4, -0.2) is 27.8 Å². The van der Waals surface area contributed by atoms with Crippen LogP contribution in [0.2, 0.25) is 0 Å². The monoisotopic (exact) mass is 271 g/mol. The minimum absolute atomic E-state index is 0.487. The molecule has 0 radical (unpaired) electrons. The maximum Gasteiger partial charge on any atom is 0.208 e. The van der Waals surface area contributed by atoms with Crippen LogP contribution in [0.5, 0.6) is 0 Å². The van der Waals surface area contributed by atoms with E-state index in [9.17, 15) is 8.42 Å². The van der Waals surface area contributed by atoms with Crippen LogP contribution >= 0.6 is 0 Å². The van der Waals surface area contributed by atoms with Gasteiger partial charge in [0.05, 0.1) is 6.26 Å². The average molecular weight is 271 g/mol. The number of nitrogen functional groups attached to an aromatic ring is 1. The third kappa shape index (κ3) is 5.88. The van der Waals surface area contributed by atoms with E-state index in [4.69, 9.17) is 5.73 Å². The molecule has 6 heteroatoms. The van der Waals surface area contributed by atoms with Gasteiger partial charge in [-0.3, -0.25) is 0 Å². The highest BCUT2D eigenvalue weighted by atomic mass is 32.2. The van der Waals surface area contributed by atoms with Crippen LogP contribution in [0.3, 0.4) is 0 Å². The lowest BCUT2D eigenvalue weighted by atomic mass is 10.2. The highest BCUT2D eigenvalue weighted by Gasteiger charge is 1.99. The molecule has 4 N–H and O–H groups in total. The molecule has 0 heterocycles. The summed E-state index contributed by atoms with van der Waals surface area (Å²) in [5.74, 6) is 0. The van der Waals surface area contributed by atoms with Gasteiger partial charge < -0.3 is 11.1 Å². The molecule has 5 nitrogen and oxygen atoms in total. The van der Waals surface area contributed by atoms with Crippen molar-refractivity contribution in [2.24, 2.45) is 0 Å². The van der Waals surface area contributed by atoms with E-state index in [-0.39, 0.29) is 0 Å². The number of rotatable bonds is 7. The summed E-state index contributed by atoms with van der Waals surface area (Å²) in [7, 11) is -3.06. The molecule has 0 saturated carbocycles. The normalized spacial score (nSPS) is 11.4. The summed E-state index contributed by atoms with van der Waals surface area (Å²) >= 11 is 0. The van der Waals surface area contributed by atoms with Gasteiger partial charge in [0, 0.05) is 24.5 Å². The lowest BCUT2D eigenvalue weighted by molar-refractivity contribution is 0.584. The molecule has 1 aromatic rings. The predicted molar refractivity (Wildman–Crippen MR) is 76.2 cm³/mol. The zero-order valence-corrected chi connectivity index (χ0v) is 11.7. The molecule has 0 aliphatic heterocycles. The highest BCUT2D eigenvalue weighted by molar-refractivity contribution is 7.88. The number of hydrogen-bond donors (Lipinski definition) is 3. The summed E-state index contributed by atoms with van der Waals surface area (Å²) in [4.78, 5) is 0. The molecule has 0 fully saturated rings. The Hall–Kier alpha value is -1.27. The molecule has 0 aliphatic rings. The highest BCUT2D eigenvalue weighted by Crippen LogP contribution is 2.16. The van der Waals surface area contributed by atoms with Gasteiger partial charge in [0.25, 0.3) is 0 Å².